The predicted octanol–water partition coefficient (Wildman–Crippen LogP) is 0.979. The summed E-state index contributed by atoms with van der Waals surface area (Å²) in [5.41, 5.74) is 0.515. The lowest BCUT2D eigenvalue weighted by atomic mass is 10.2. The third-order valence-electron chi connectivity index (χ3n) is 4.43. The van der Waals surface area contributed by atoms with E-state index in [0.717, 1.165) is 0 Å². The van der Waals surface area contributed by atoms with Crippen molar-refractivity contribution in [3.8, 4) is 0 Å². The Morgan fingerprint density at radius 2 is 1.83 bits per heavy atom. The smallest absolute Gasteiger partial charge is 0.241 e. The topological polar surface area (TPSA) is 66.9 Å². The highest BCUT2D eigenvalue weighted by molar-refractivity contribution is 7.88. The number of amides is 1. The molecule has 3 rings (SSSR count). The number of rotatable bonds is 4. The van der Waals surface area contributed by atoms with E-state index in [1.165, 1.54) is 28.6 Å². The van der Waals surface area contributed by atoms with Gasteiger partial charge in [-0.2, -0.15) is 4.31 Å². The minimum atomic E-state index is -3.63. The van der Waals surface area contributed by atoms with Crippen molar-refractivity contribution >= 4 is 15.9 Å². The molecule has 8 heteroatoms. The maximum atomic E-state index is 13.0. The molecule has 0 bridgehead atoms. The van der Waals surface area contributed by atoms with E-state index >= 15 is 0 Å². The minimum Gasteiger partial charge on any atom is -0.378 e. The molecule has 2 aliphatic rings. The molecular weight excluding hydrogens is 335 g/mol. The second-order valence-electron chi connectivity index (χ2n) is 6.09. The number of nitrogens with zero attached hydrogens (tertiary/aromatic N) is 2. The van der Waals surface area contributed by atoms with Crippen LogP contribution in [0.1, 0.15) is 18.4 Å². The molecule has 1 atom stereocenters. The Labute approximate surface area is 141 Å². The fourth-order valence-corrected chi connectivity index (χ4v) is 4.96. The number of halogens is 1. The van der Waals surface area contributed by atoms with E-state index < -0.39 is 21.9 Å². The van der Waals surface area contributed by atoms with Gasteiger partial charge in [0.1, 0.15) is 11.9 Å². The Kier molecular flexibility index (Phi) is 5.17. The Hall–Kier alpha value is -1.51. The number of ether oxygens (including phenoxy) is 1. The van der Waals surface area contributed by atoms with Crippen LogP contribution in [0.5, 0.6) is 0 Å². The van der Waals surface area contributed by atoms with E-state index in [4.69, 9.17) is 4.74 Å². The molecule has 2 saturated heterocycles. The monoisotopic (exact) mass is 356 g/mol. The Morgan fingerprint density at radius 1 is 1.17 bits per heavy atom. The van der Waals surface area contributed by atoms with Gasteiger partial charge in [0.15, 0.2) is 0 Å². The molecular formula is C16H21FN2O4S. The lowest BCUT2D eigenvalue weighted by molar-refractivity contribution is -0.138. The molecule has 1 aromatic rings. The third-order valence-corrected chi connectivity index (χ3v) is 6.28. The van der Waals surface area contributed by atoms with Gasteiger partial charge in [-0.15, -0.1) is 0 Å². The van der Waals surface area contributed by atoms with Gasteiger partial charge in [0.05, 0.1) is 19.0 Å². The van der Waals surface area contributed by atoms with Crippen LogP contribution >= 0.6 is 0 Å². The van der Waals surface area contributed by atoms with Crippen molar-refractivity contribution in [2.24, 2.45) is 0 Å². The lowest BCUT2D eigenvalue weighted by Gasteiger charge is -2.32. The number of morpholine rings is 1. The van der Waals surface area contributed by atoms with Crippen LogP contribution in [0.15, 0.2) is 24.3 Å². The van der Waals surface area contributed by atoms with Gasteiger partial charge in [-0.3, -0.25) is 4.79 Å². The van der Waals surface area contributed by atoms with Crippen molar-refractivity contribution in [2.75, 3.05) is 32.8 Å². The second-order valence-corrected chi connectivity index (χ2v) is 8.01. The number of hydrogen-bond donors (Lipinski definition) is 0. The summed E-state index contributed by atoms with van der Waals surface area (Å²) < 4.78 is 45.0. The Balaban J connectivity index is 1.73. The van der Waals surface area contributed by atoms with Crippen LogP contribution in [0.4, 0.5) is 4.39 Å². The molecule has 1 aromatic carbocycles. The normalized spacial score (nSPS) is 22.7. The SMILES string of the molecule is O=C(C1CCCN1S(=O)(=O)Cc1ccc(F)cc1)N1CCOCC1. The summed E-state index contributed by atoms with van der Waals surface area (Å²) in [5.74, 6) is -0.767. The molecule has 0 aromatic heterocycles. The van der Waals surface area contributed by atoms with Crippen LogP contribution in [0.3, 0.4) is 0 Å². The first-order valence-corrected chi connectivity index (χ1v) is 9.69. The van der Waals surface area contributed by atoms with Gasteiger partial charge in [-0.05, 0) is 30.5 Å². The van der Waals surface area contributed by atoms with Gasteiger partial charge < -0.3 is 9.64 Å². The highest BCUT2D eigenvalue weighted by Crippen LogP contribution is 2.25. The van der Waals surface area contributed by atoms with Gasteiger partial charge in [0.2, 0.25) is 15.9 Å². The average Bonchev–Trinajstić information content (AvgIpc) is 3.07. The van der Waals surface area contributed by atoms with Crippen LogP contribution in [0.25, 0.3) is 0 Å². The Bertz CT molecular complexity index is 687. The standard InChI is InChI=1S/C16H21FN2O4S/c17-14-5-3-13(4-6-14)12-24(21,22)19-7-1-2-15(19)16(20)18-8-10-23-11-9-18/h3-6,15H,1-2,7-12H2. The average molecular weight is 356 g/mol. The quantitative estimate of drug-likeness (QED) is 0.807. The summed E-state index contributed by atoms with van der Waals surface area (Å²) in [7, 11) is -3.63. The van der Waals surface area contributed by atoms with E-state index in [9.17, 15) is 17.6 Å². The predicted molar refractivity (Wildman–Crippen MR) is 86.2 cm³/mol. The van der Waals surface area contributed by atoms with Gasteiger partial charge in [0, 0.05) is 19.6 Å². The minimum absolute atomic E-state index is 0.140. The Morgan fingerprint density at radius 3 is 2.50 bits per heavy atom. The molecule has 24 heavy (non-hydrogen) atoms. The number of hydrogen-bond acceptors (Lipinski definition) is 4. The van der Waals surface area contributed by atoms with Crippen molar-refractivity contribution in [1.82, 2.24) is 9.21 Å². The molecule has 0 aliphatic carbocycles. The first kappa shape index (κ1) is 17.3. The largest absolute Gasteiger partial charge is 0.378 e. The molecule has 2 fully saturated rings. The maximum absolute atomic E-state index is 13.0. The molecule has 1 amide bonds. The molecule has 6 nitrogen and oxygen atoms in total. The van der Waals surface area contributed by atoms with Crippen LogP contribution in [0, 0.1) is 5.82 Å². The molecule has 0 N–H and O–H groups in total. The van der Waals surface area contributed by atoms with E-state index in [-0.39, 0.29) is 11.7 Å². The summed E-state index contributed by atoms with van der Waals surface area (Å²) in [6.45, 7) is 2.33. The van der Waals surface area contributed by atoms with Crippen LogP contribution < -0.4 is 0 Å². The molecule has 0 saturated carbocycles. The first-order valence-electron chi connectivity index (χ1n) is 8.08. The van der Waals surface area contributed by atoms with Gasteiger partial charge in [0.25, 0.3) is 0 Å². The maximum Gasteiger partial charge on any atom is 0.241 e. The highest BCUT2D eigenvalue weighted by Gasteiger charge is 2.40. The highest BCUT2D eigenvalue weighted by atomic mass is 32.2. The van der Waals surface area contributed by atoms with Crippen molar-refractivity contribution in [2.45, 2.75) is 24.6 Å². The summed E-state index contributed by atoms with van der Waals surface area (Å²) >= 11 is 0. The van der Waals surface area contributed by atoms with Crippen molar-refractivity contribution in [3.05, 3.63) is 35.6 Å². The third kappa shape index (κ3) is 3.76. The van der Waals surface area contributed by atoms with Crippen LogP contribution in [-0.2, 0) is 25.3 Å². The van der Waals surface area contributed by atoms with Gasteiger partial charge in [-0.25, -0.2) is 12.8 Å². The van der Waals surface area contributed by atoms with E-state index in [1.807, 2.05) is 0 Å². The fraction of sp³-hybridized carbons (Fsp3) is 0.562. The van der Waals surface area contributed by atoms with Crippen molar-refractivity contribution < 1.29 is 22.3 Å². The van der Waals surface area contributed by atoms with Crippen molar-refractivity contribution in [1.29, 1.82) is 0 Å². The fourth-order valence-electron chi connectivity index (χ4n) is 3.19. The van der Waals surface area contributed by atoms with Gasteiger partial charge >= 0.3 is 0 Å². The lowest BCUT2D eigenvalue weighted by Crippen LogP contribution is -2.51. The number of carbonyl (C=O) groups is 1. The zero-order valence-electron chi connectivity index (χ0n) is 13.4. The number of sulfonamides is 1. The first-order chi connectivity index (χ1) is 11.5. The van der Waals surface area contributed by atoms with Crippen LogP contribution in [0.2, 0.25) is 0 Å². The number of carbonyl (C=O) groups excluding carboxylic acids is 1. The summed E-state index contributed by atoms with van der Waals surface area (Å²) in [6, 6.07) is 4.77. The number of benzene rings is 1. The summed E-state index contributed by atoms with van der Waals surface area (Å²) in [6.07, 6.45) is 1.21. The van der Waals surface area contributed by atoms with Gasteiger partial charge in [-0.1, -0.05) is 12.1 Å². The zero-order chi connectivity index (χ0) is 17.2. The second kappa shape index (κ2) is 7.16. The molecule has 0 radical (unpaired) electrons. The van der Waals surface area contributed by atoms with E-state index in [0.29, 0.717) is 51.3 Å². The van der Waals surface area contributed by atoms with Crippen molar-refractivity contribution in [3.63, 3.8) is 0 Å². The molecule has 0 spiro atoms. The molecule has 2 aliphatic heterocycles. The summed E-state index contributed by atoms with van der Waals surface area (Å²) in [5, 5.41) is 0. The van der Waals surface area contributed by atoms with E-state index in [1.54, 1.807) is 4.90 Å². The van der Waals surface area contributed by atoms with E-state index in [2.05, 4.69) is 0 Å². The summed E-state index contributed by atoms with van der Waals surface area (Å²) in [4.78, 5) is 14.3. The van der Waals surface area contributed by atoms with Crippen LogP contribution in [-0.4, -0.2) is 62.4 Å². The molecule has 1 unspecified atom stereocenters. The molecule has 132 valence electrons. The zero-order valence-corrected chi connectivity index (χ0v) is 14.2. The molecule has 2 heterocycles.